The summed E-state index contributed by atoms with van der Waals surface area (Å²) < 4.78 is 5.38. The Morgan fingerprint density at radius 3 is 2.56 bits per heavy atom. The van der Waals surface area contributed by atoms with E-state index in [2.05, 4.69) is 23.2 Å². The third-order valence-electron chi connectivity index (χ3n) is 3.64. The minimum Gasteiger partial charge on any atom is -0.490 e. The van der Waals surface area contributed by atoms with E-state index in [1.165, 1.54) is 5.39 Å². The van der Waals surface area contributed by atoms with E-state index in [1.807, 2.05) is 36.4 Å². The Morgan fingerprint density at radius 1 is 1.04 bits per heavy atom. The first-order valence-corrected chi connectivity index (χ1v) is 7.92. The Bertz CT molecular complexity index is 915. The van der Waals surface area contributed by atoms with Gasteiger partial charge in [0.1, 0.15) is 12.4 Å². The molecule has 124 valence electrons. The summed E-state index contributed by atoms with van der Waals surface area (Å²) in [6.07, 6.45) is 3.30. The second-order valence-electron chi connectivity index (χ2n) is 5.43. The molecule has 3 aromatic carbocycles. The van der Waals surface area contributed by atoms with E-state index >= 15 is 0 Å². The SMILES string of the molecule is C=CCOc1ccc(C(=O)NN=Cc2ccc3ccccc3c2)cc1. The van der Waals surface area contributed by atoms with Crippen molar-refractivity contribution in [3.8, 4) is 5.75 Å². The van der Waals surface area contributed by atoms with Crippen molar-refractivity contribution in [2.45, 2.75) is 0 Å². The highest BCUT2D eigenvalue weighted by Crippen LogP contribution is 2.14. The summed E-state index contributed by atoms with van der Waals surface area (Å²) in [7, 11) is 0. The fourth-order valence-electron chi connectivity index (χ4n) is 2.38. The van der Waals surface area contributed by atoms with Crippen LogP contribution in [0, 0.1) is 0 Å². The average Bonchev–Trinajstić information content (AvgIpc) is 2.66. The van der Waals surface area contributed by atoms with E-state index in [-0.39, 0.29) is 5.91 Å². The third kappa shape index (κ3) is 4.32. The molecule has 0 saturated heterocycles. The van der Waals surface area contributed by atoms with Crippen molar-refractivity contribution >= 4 is 22.9 Å². The Kier molecular flexibility index (Phi) is 5.22. The summed E-state index contributed by atoms with van der Waals surface area (Å²) >= 11 is 0. The van der Waals surface area contributed by atoms with Gasteiger partial charge in [0.15, 0.2) is 0 Å². The highest BCUT2D eigenvalue weighted by Gasteiger charge is 2.04. The molecule has 0 aliphatic heterocycles. The van der Waals surface area contributed by atoms with Crippen molar-refractivity contribution in [1.29, 1.82) is 0 Å². The third-order valence-corrected chi connectivity index (χ3v) is 3.64. The molecule has 25 heavy (non-hydrogen) atoms. The molecule has 0 aliphatic rings. The van der Waals surface area contributed by atoms with Crippen LogP contribution < -0.4 is 10.2 Å². The maximum Gasteiger partial charge on any atom is 0.271 e. The first-order chi connectivity index (χ1) is 12.3. The lowest BCUT2D eigenvalue weighted by molar-refractivity contribution is 0.0955. The van der Waals surface area contributed by atoms with Crippen LogP contribution in [0.4, 0.5) is 0 Å². The maximum atomic E-state index is 12.1. The average molecular weight is 330 g/mol. The van der Waals surface area contributed by atoms with Crippen molar-refractivity contribution in [2.75, 3.05) is 6.61 Å². The number of nitrogens with one attached hydrogen (secondary N) is 1. The van der Waals surface area contributed by atoms with Crippen molar-refractivity contribution in [3.05, 3.63) is 90.5 Å². The normalized spacial score (nSPS) is 10.7. The molecule has 1 N–H and O–H groups in total. The van der Waals surface area contributed by atoms with E-state index < -0.39 is 0 Å². The van der Waals surface area contributed by atoms with Crippen molar-refractivity contribution in [1.82, 2.24) is 5.43 Å². The monoisotopic (exact) mass is 330 g/mol. The minimum atomic E-state index is -0.271. The molecule has 0 atom stereocenters. The number of carbonyl (C=O) groups excluding carboxylic acids is 1. The highest BCUT2D eigenvalue weighted by molar-refractivity contribution is 5.95. The van der Waals surface area contributed by atoms with Gasteiger partial charge < -0.3 is 4.74 Å². The van der Waals surface area contributed by atoms with Crippen LogP contribution in [0.3, 0.4) is 0 Å². The molecule has 3 aromatic rings. The van der Waals surface area contributed by atoms with Gasteiger partial charge in [0.25, 0.3) is 5.91 Å². The molecule has 0 saturated carbocycles. The van der Waals surface area contributed by atoms with Gasteiger partial charge >= 0.3 is 0 Å². The Morgan fingerprint density at radius 2 is 1.80 bits per heavy atom. The van der Waals surface area contributed by atoms with Crippen molar-refractivity contribution in [3.63, 3.8) is 0 Å². The molecular weight excluding hydrogens is 312 g/mol. The number of nitrogens with zero attached hydrogens (tertiary/aromatic N) is 1. The fraction of sp³-hybridized carbons (Fsp3) is 0.0476. The summed E-state index contributed by atoms with van der Waals surface area (Å²) in [4.78, 5) is 12.1. The molecule has 0 unspecified atom stereocenters. The van der Waals surface area contributed by atoms with E-state index in [4.69, 9.17) is 4.74 Å². The standard InChI is InChI=1S/C21H18N2O2/c1-2-13-25-20-11-9-18(10-12-20)21(24)23-22-15-16-7-8-17-5-3-4-6-19(17)14-16/h2-12,14-15H,1,13H2,(H,23,24). The van der Waals surface area contributed by atoms with Crippen LogP contribution >= 0.6 is 0 Å². The van der Waals surface area contributed by atoms with Crippen molar-refractivity contribution in [2.24, 2.45) is 5.10 Å². The molecule has 1 amide bonds. The number of hydrogen-bond acceptors (Lipinski definition) is 3. The smallest absolute Gasteiger partial charge is 0.271 e. The maximum absolute atomic E-state index is 12.1. The number of hydrogen-bond donors (Lipinski definition) is 1. The molecule has 0 spiro atoms. The Labute approximate surface area is 146 Å². The number of fused-ring (bicyclic) bond motifs is 1. The van der Waals surface area contributed by atoms with Gasteiger partial charge in [-0.15, -0.1) is 0 Å². The molecule has 0 bridgehead atoms. The lowest BCUT2D eigenvalue weighted by atomic mass is 10.1. The summed E-state index contributed by atoms with van der Waals surface area (Å²) in [5.74, 6) is 0.420. The number of ether oxygens (including phenoxy) is 1. The largest absolute Gasteiger partial charge is 0.490 e. The van der Waals surface area contributed by atoms with Crippen LogP contribution in [0.5, 0.6) is 5.75 Å². The molecule has 0 fully saturated rings. The van der Waals surface area contributed by atoms with Gasteiger partial charge in [-0.2, -0.15) is 5.10 Å². The zero-order chi connectivity index (χ0) is 17.5. The lowest BCUT2D eigenvalue weighted by Gasteiger charge is -2.04. The second-order valence-corrected chi connectivity index (χ2v) is 5.43. The van der Waals surface area contributed by atoms with Gasteiger partial charge in [0.05, 0.1) is 6.21 Å². The summed E-state index contributed by atoms with van der Waals surface area (Å²) in [6, 6.07) is 21.0. The van der Waals surface area contributed by atoms with Crippen LogP contribution in [-0.4, -0.2) is 18.7 Å². The molecule has 0 heterocycles. The Balaban J connectivity index is 1.62. The van der Waals surface area contributed by atoms with E-state index in [0.717, 1.165) is 10.9 Å². The quantitative estimate of drug-likeness (QED) is 0.419. The van der Waals surface area contributed by atoms with E-state index in [0.29, 0.717) is 17.9 Å². The van der Waals surface area contributed by atoms with E-state index in [9.17, 15) is 4.79 Å². The zero-order valence-corrected chi connectivity index (χ0v) is 13.7. The van der Waals surface area contributed by atoms with Gasteiger partial charge in [0, 0.05) is 5.56 Å². The molecule has 0 aliphatic carbocycles. The molecule has 4 nitrogen and oxygen atoms in total. The van der Waals surface area contributed by atoms with Crippen LogP contribution in [0.1, 0.15) is 15.9 Å². The predicted molar refractivity (Wildman–Crippen MR) is 101 cm³/mol. The number of amides is 1. The topological polar surface area (TPSA) is 50.7 Å². The van der Waals surface area contributed by atoms with Crippen LogP contribution in [-0.2, 0) is 0 Å². The number of rotatable bonds is 6. The minimum absolute atomic E-state index is 0.271. The van der Waals surface area contributed by atoms with Gasteiger partial charge in [-0.1, -0.05) is 49.1 Å². The molecule has 0 radical (unpaired) electrons. The number of hydrazone groups is 1. The van der Waals surface area contributed by atoms with Crippen molar-refractivity contribution < 1.29 is 9.53 Å². The Hall–Kier alpha value is -3.40. The number of carbonyl (C=O) groups is 1. The first-order valence-electron chi connectivity index (χ1n) is 7.92. The first kappa shape index (κ1) is 16.5. The molecule has 4 heteroatoms. The summed E-state index contributed by atoms with van der Waals surface area (Å²) in [5.41, 5.74) is 3.97. The molecule has 0 aromatic heterocycles. The van der Waals surface area contributed by atoms with E-state index in [1.54, 1.807) is 36.6 Å². The van der Waals surface area contributed by atoms with Crippen LogP contribution in [0.15, 0.2) is 84.5 Å². The summed E-state index contributed by atoms with van der Waals surface area (Å²) in [6.45, 7) is 4.02. The lowest BCUT2D eigenvalue weighted by Crippen LogP contribution is -2.17. The zero-order valence-electron chi connectivity index (χ0n) is 13.7. The van der Waals surface area contributed by atoms with Crippen LogP contribution in [0.2, 0.25) is 0 Å². The van der Waals surface area contributed by atoms with Gasteiger partial charge in [-0.3, -0.25) is 4.79 Å². The number of benzene rings is 3. The summed E-state index contributed by atoms with van der Waals surface area (Å²) in [5, 5.41) is 6.33. The predicted octanol–water partition coefficient (Wildman–Crippen LogP) is 4.17. The fourth-order valence-corrected chi connectivity index (χ4v) is 2.38. The van der Waals surface area contributed by atoms with Gasteiger partial charge in [0.2, 0.25) is 0 Å². The molecular formula is C21H18N2O2. The van der Waals surface area contributed by atoms with Gasteiger partial charge in [-0.05, 0) is 46.7 Å². The van der Waals surface area contributed by atoms with Crippen LogP contribution in [0.25, 0.3) is 10.8 Å². The van der Waals surface area contributed by atoms with Gasteiger partial charge in [-0.25, -0.2) is 5.43 Å². The second kappa shape index (κ2) is 7.93. The highest BCUT2D eigenvalue weighted by atomic mass is 16.5. The molecule has 3 rings (SSSR count).